The van der Waals surface area contributed by atoms with Crippen LogP contribution in [-0.2, 0) is 6.18 Å². The van der Waals surface area contributed by atoms with Gasteiger partial charge in [-0.25, -0.2) is 9.82 Å². The number of alkyl halides is 3. The van der Waals surface area contributed by atoms with Crippen LogP contribution in [0.5, 0.6) is 0 Å². The molecular weight excluding hydrogens is 384 g/mol. The molecule has 0 amide bonds. The highest BCUT2D eigenvalue weighted by atomic mass is 19.4. The van der Waals surface area contributed by atoms with E-state index in [-0.39, 0.29) is 13.3 Å². The van der Waals surface area contributed by atoms with E-state index >= 15 is 0 Å². The molecule has 0 saturated carbocycles. The topological polar surface area (TPSA) is 30.5 Å². The van der Waals surface area contributed by atoms with E-state index in [1.54, 1.807) is 18.2 Å². The normalized spacial score (nSPS) is 23.5. The minimum absolute atomic E-state index is 0. The molecule has 2 aromatic carbocycles. The van der Waals surface area contributed by atoms with Crippen LogP contribution in [0.2, 0.25) is 0 Å². The Morgan fingerprint density at radius 3 is 2.41 bits per heavy atom. The summed E-state index contributed by atoms with van der Waals surface area (Å²) < 4.78 is 52.1. The summed E-state index contributed by atoms with van der Waals surface area (Å²) in [6.45, 7) is 4.66. The number of hydrogen-bond donors (Lipinski definition) is 2. The summed E-state index contributed by atoms with van der Waals surface area (Å²) in [6, 6.07) is 12.2. The van der Waals surface area contributed by atoms with E-state index in [0.717, 1.165) is 37.8 Å². The van der Waals surface area contributed by atoms with Crippen LogP contribution in [0.1, 0.15) is 18.6 Å². The lowest BCUT2D eigenvalue weighted by Crippen LogP contribution is -2.48. The van der Waals surface area contributed by atoms with Gasteiger partial charge in [0.2, 0.25) is 0 Å². The number of anilines is 1. The van der Waals surface area contributed by atoms with Gasteiger partial charge < -0.3 is 4.90 Å². The third kappa shape index (κ3) is 4.71. The van der Waals surface area contributed by atoms with Gasteiger partial charge in [0.05, 0.1) is 11.6 Å². The molecule has 29 heavy (non-hydrogen) atoms. The van der Waals surface area contributed by atoms with Gasteiger partial charge in [-0.15, -0.1) is 0 Å². The number of nitrogens with zero attached hydrogens (tertiary/aromatic N) is 2. The van der Waals surface area contributed by atoms with Gasteiger partial charge >= 0.3 is 6.18 Å². The largest absolute Gasteiger partial charge is 0.416 e. The molecule has 0 spiro atoms. The highest BCUT2D eigenvalue weighted by Crippen LogP contribution is 2.32. The lowest BCUT2D eigenvalue weighted by molar-refractivity contribution is -0.137. The molecule has 4 nitrogen and oxygen atoms in total. The molecule has 0 aromatic heterocycles. The quantitative estimate of drug-likeness (QED) is 0.753. The zero-order chi connectivity index (χ0) is 20.4. The van der Waals surface area contributed by atoms with E-state index in [9.17, 15) is 17.6 Å². The Hall–Kier alpha value is -2.16. The molecule has 4 rings (SSSR count). The van der Waals surface area contributed by atoms with Crippen molar-refractivity contribution < 1.29 is 19.0 Å². The monoisotopic (exact) mass is 410 g/mol. The Balaban J connectivity index is 0.00000256. The zero-order valence-electron chi connectivity index (χ0n) is 15.9. The molecule has 158 valence electrons. The van der Waals surface area contributed by atoms with Crippen molar-refractivity contribution in [3.63, 3.8) is 0 Å². The van der Waals surface area contributed by atoms with Crippen molar-refractivity contribution in [2.24, 2.45) is 5.92 Å². The van der Waals surface area contributed by atoms with Gasteiger partial charge in [-0.1, -0.05) is 18.2 Å². The van der Waals surface area contributed by atoms with E-state index in [1.165, 1.54) is 24.3 Å². The second-order valence-corrected chi connectivity index (χ2v) is 7.65. The molecule has 2 aromatic rings. The van der Waals surface area contributed by atoms with E-state index < -0.39 is 11.7 Å². The summed E-state index contributed by atoms with van der Waals surface area (Å²) in [4.78, 5) is 4.36. The van der Waals surface area contributed by atoms with Crippen molar-refractivity contribution in [1.82, 2.24) is 15.8 Å². The fraction of sp³-hybridized carbons (Fsp3) is 0.429. The molecule has 0 aliphatic carbocycles. The van der Waals surface area contributed by atoms with Crippen molar-refractivity contribution in [3.8, 4) is 0 Å². The summed E-state index contributed by atoms with van der Waals surface area (Å²) in [5, 5.41) is 0. The zero-order valence-corrected chi connectivity index (χ0v) is 15.9. The predicted molar refractivity (Wildman–Crippen MR) is 106 cm³/mol. The van der Waals surface area contributed by atoms with Crippen molar-refractivity contribution >= 4 is 5.69 Å². The van der Waals surface area contributed by atoms with Crippen LogP contribution in [0.3, 0.4) is 0 Å². The molecule has 2 aliphatic rings. The molecule has 2 atom stereocenters. The van der Waals surface area contributed by atoms with Crippen LogP contribution in [0.15, 0.2) is 48.5 Å². The van der Waals surface area contributed by atoms with E-state index in [2.05, 4.69) is 15.8 Å². The summed E-state index contributed by atoms with van der Waals surface area (Å²) in [6.07, 6.45) is -4.32. The third-order valence-corrected chi connectivity index (χ3v) is 5.73. The molecule has 2 aliphatic heterocycles. The average molecular weight is 410 g/mol. The smallest absolute Gasteiger partial charge is 0.369 e. The summed E-state index contributed by atoms with van der Waals surface area (Å²) >= 11 is 0. The van der Waals surface area contributed by atoms with Gasteiger partial charge in [0.1, 0.15) is 5.82 Å². The number of benzene rings is 2. The number of hydrogen-bond acceptors (Lipinski definition) is 4. The molecule has 2 saturated heterocycles. The van der Waals surface area contributed by atoms with Crippen LogP contribution < -0.4 is 15.8 Å². The first-order valence-corrected chi connectivity index (χ1v) is 9.78. The number of rotatable bonds is 4. The minimum atomic E-state index is -4.32. The SMILES string of the molecule is Fc1ccc(C2NNCC2CN2CCN(c3cccc(C(F)(F)F)c3)CC2)cc1.[HH]. The third-order valence-electron chi connectivity index (χ3n) is 5.73. The second-order valence-electron chi connectivity index (χ2n) is 7.65. The molecule has 0 bridgehead atoms. The van der Waals surface area contributed by atoms with Crippen LogP contribution in [0.4, 0.5) is 23.2 Å². The van der Waals surface area contributed by atoms with Gasteiger partial charge in [-0.05, 0) is 35.9 Å². The van der Waals surface area contributed by atoms with Crippen molar-refractivity contribution in [2.45, 2.75) is 12.2 Å². The fourth-order valence-corrected chi connectivity index (χ4v) is 4.13. The summed E-state index contributed by atoms with van der Waals surface area (Å²) in [5.74, 6) is 0.0857. The number of nitrogens with one attached hydrogen (secondary N) is 2. The van der Waals surface area contributed by atoms with E-state index in [0.29, 0.717) is 24.7 Å². The van der Waals surface area contributed by atoms with Gasteiger partial charge in [-0.2, -0.15) is 13.2 Å². The van der Waals surface area contributed by atoms with Gasteiger partial charge in [0.15, 0.2) is 0 Å². The molecule has 2 fully saturated rings. The van der Waals surface area contributed by atoms with Crippen molar-refractivity contribution in [2.75, 3.05) is 44.2 Å². The van der Waals surface area contributed by atoms with Crippen molar-refractivity contribution in [1.29, 1.82) is 0 Å². The standard InChI is InChI=1S/C21H24F4N4.H2/c22-18-6-4-15(5-7-18)20-16(13-26-27-20)14-28-8-10-29(11-9-28)19-3-1-2-17(12-19)21(23,24)25;/h1-7,12,16,20,26-27H,8-11,13-14H2;1H. The second kappa shape index (κ2) is 8.30. The van der Waals surface area contributed by atoms with Crippen molar-refractivity contribution in [3.05, 3.63) is 65.5 Å². The maximum absolute atomic E-state index is 13.2. The molecule has 8 heteroatoms. The Bertz CT molecular complexity index is 823. The number of hydrazine groups is 1. The van der Waals surface area contributed by atoms with Crippen LogP contribution in [0.25, 0.3) is 0 Å². The Morgan fingerprint density at radius 1 is 1.00 bits per heavy atom. The maximum atomic E-state index is 13.2. The Morgan fingerprint density at radius 2 is 1.72 bits per heavy atom. The molecular formula is C21H26F4N4. The minimum Gasteiger partial charge on any atom is -0.369 e. The average Bonchev–Trinajstić information content (AvgIpc) is 3.17. The van der Waals surface area contributed by atoms with E-state index in [4.69, 9.17) is 0 Å². The van der Waals surface area contributed by atoms with Crippen LogP contribution in [-0.4, -0.2) is 44.2 Å². The van der Waals surface area contributed by atoms with Crippen LogP contribution >= 0.6 is 0 Å². The molecule has 0 radical (unpaired) electrons. The number of piperazine rings is 1. The van der Waals surface area contributed by atoms with Gasteiger partial charge in [-0.3, -0.25) is 10.3 Å². The Labute approximate surface area is 168 Å². The fourth-order valence-electron chi connectivity index (χ4n) is 4.13. The highest BCUT2D eigenvalue weighted by molar-refractivity contribution is 5.49. The maximum Gasteiger partial charge on any atom is 0.416 e. The summed E-state index contributed by atoms with van der Waals surface area (Å²) in [7, 11) is 0. The Kier molecular flexibility index (Phi) is 5.76. The van der Waals surface area contributed by atoms with Crippen LogP contribution in [0, 0.1) is 11.7 Å². The molecule has 2 unspecified atom stereocenters. The lowest BCUT2D eigenvalue weighted by atomic mass is 9.94. The van der Waals surface area contributed by atoms with Gasteiger partial charge in [0, 0.05) is 52.3 Å². The first kappa shape index (κ1) is 20.1. The first-order chi connectivity index (χ1) is 13.9. The molecule has 2 heterocycles. The number of halogens is 4. The predicted octanol–water partition coefficient (Wildman–Crippen LogP) is 3.68. The molecule has 2 N–H and O–H groups in total. The van der Waals surface area contributed by atoms with E-state index in [1.807, 2.05) is 4.90 Å². The first-order valence-electron chi connectivity index (χ1n) is 9.78. The van der Waals surface area contributed by atoms with Gasteiger partial charge in [0.25, 0.3) is 0 Å². The summed E-state index contributed by atoms with van der Waals surface area (Å²) in [5.41, 5.74) is 7.52. The highest BCUT2D eigenvalue weighted by Gasteiger charge is 2.32. The lowest BCUT2D eigenvalue weighted by Gasteiger charge is -2.38.